The van der Waals surface area contributed by atoms with E-state index in [0.717, 1.165) is 18.3 Å². The minimum absolute atomic E-state index is 0.0463. The van der Waals surface area contributed by atoms with Crippen molar-refractivity contribution in [1.82, 2.24) is 14.3 Å². The van der Waals surface area contributed by atoms with E-state index in [1.165, 1.54) is 9.30 Å². The van der Waals surface area contributed by atoms with E-state index in [9.17, 15) is 27.9 Å². The molecule has 2 amide bonds. The zero-order valence-corrected chi connectivity index (χ0v) is 16.8. The van der Waals surface area contributed by atoms with Gasteiger partial charge in [0, 0.05) is 37.3 Å². The molecule has 164 valence electrons. The van der Waals surface area contributed by atoms with Crippen molar-refractivity contribution in [3.05, 3.63) is 59.5 Å². The number of likely N-dealkylation sites (N-methyl/N-ethyl adjacent to an activating group) is 1. The van der Waals surface area contributed by atoms with Crippen molar-refractivity contribution >= 4 is 17.3 Å². The van der Waals surface area contributed by atoms with Gasteiger partial charge in [-0.2, -0.15) is 13.2 Å². The molecule has 1 saturated heterocycles. The molecular weight excluding hydrogens is 425 g/mol. The molecule has 1 atom stereocenters. The number of carbonyl (C=O) groups is 2. The predicted molar refractivity (Wildman–Crippen MR) is 108 cm³/mol. The smallest absolute Gasteiger partial charge is 0.369 e. The molecule has 4 rings (SSSR count). The van der Waals surface area contributed by atoms with E-state index in [1.54, 1.807) is 31.3 Å². The minimum atomic E-state index is -4.58. The number of nitrogens with zero attached hydrogens (tertiary/aromatic N) is 3. The van der Waals surface area contributed by atoms with Crippen LogP contribution in [-0.4, -0.2) is 50.4 Å². The number of imidazole rings is 1. The topological polar surface area (TPSA) is 101 Å². The Morgan fingerprint density at radius 2 is 2.03 bits per heavy atom. The quantitative estimate of drug-likeness (QED) is 0.594. The molecule has 3 heterocycles. The summed E-state index contributed by atoms with van der Waals surface area (Å²) in [5.41, 5.74) is 3.63. The number of halogens is 3. The molecule has 0 radical (unpaired) electrons. The molecule has 1 aliphatic rings. The number of rotatable bonds is 2. The summed E-state index contributed by atoms with van der Waals surface area (Å²) in [6.07, 6.45) is -3.32. The van der Waals surface area contributed by atoms with Crippen molar-refractivity contribution in [2.24, 2.45) is 5.73 Å². The van der Waals surface area contributed by atoms with Crippen molar-refractivity contribution in [1.29, 1.82) is 0 Å². The normalized spacial score (nSPS) is 18.7. The van der Waals surface area contributed by atoms with E-state index in [0.29, 0.717) is 17.7 Å². The average molecular weight is 442 g/mol. The number of alkyl halides is 3. The van der Waals surface area contributed by atoms with Gasteiger partial charge in [0.05, 0.1) is 16.8 Å². The average Bonchev–Trinajstić information content (AvgIpc) is 3.25. The maximum atomic E-state index is 13.2. The first kappa shape index (κ1) is 21.4. The molecule has 3 N–H and O–H groups in total. The van der Waals surface area contributed by atoms with Gasteiger partial charge < -0.3 is 15.7 Å². The fraction of sp³-hybridized carbons (Fsp3) is 0.227. The van der Waals surface area contributed by atoms with Crippen molar-refractivity contribution in [3.8, 4) is 23.1 Å². The largest absolute Gasteiger partial charge is 0.416 e. The summed E-state index contributed by atoms with van der Waals surface area (Å²) in [6.45, 7) is 0.377. The molecule has 1 fully saturated rings. The maximum Gasteiger partial charge on any atom is 0.416 e. The van der Waals surface area contributed by atoms with E-state index >= 15 is 0 Å². The first-order valence-electron chi connectivity index (χ1n) is 9.50. The summed E-state index contributed by atoms with van der Waals surface area (Å²) in [4.78, 5) is 29.4. The van der Waals surface area contributed by atoms with Crippen LogP contribution in [-0.2, 0) is 11.0 Å². The number of hydrogen-bond acceptors (Lipinski definition) is 4. The highest BCUT2D eigenvalue weighted by Crippen LogP contribution is 2.33. The summed E-state index contributed by atoms with van der Waals surface area (Å²) in [7, 11) is 1.57. The number of aromatic nitrogens is 2. The number of fused-ring (bicyclic) bond motifs is 1. The summed E-state index contributed by atoms with van der Waals surface area (Å²) in [5.74, 6) is 3.73. The summed E-state index contributed by atoms with van der Waals surface area (Å²) in [6, 6.07) is 8.10. The molecule has 0 bridgehead atoms. The number of hydrogen-bond donors (Lipinski definition) is 2. The molecule has 1 unspecified atom stereocenters. The van der Waals surface area contributed by atoms with E-state index < -0.39 is 29.2 Å². The molecule has 1 aromatic carbocycles. The number of amides is 2. The van der Waals surface area contributed by atoms with Crippen molar-refractivity contribution < 1.29 is 27.9 Å². The fourth-order valence-corrected chi connectivity index (χ4v) is 3.54. The minimum Gasteiger partial charge on any atom is -0.369 e. The number of benzene rings is 1. The molecule has 3 aromatic rings. The number of primary amides is 1. The summed E-state index contributed by atoms with van der Waals surface area (Å²) >= 11 is 0. The van der Waals surface area contributed by atoms with Crippen LogP contribution in [0.3, 0.4) is 0 Å². The van der Waals surface area contributed by atoms with Crippen molar-refractivity contribution in [3.63, 3.8) is 0 Å². The lowest BCUT2D eigenvalue weighted by Gasteiger charge is -2.13. The molecular formula is C22H17F3N4O3. The van der Waals surface area contributed by atoms with Crippen LogP contribution in [0.2, 0.25) is 0 Å². The number of aliphatic hydroxyl groups is 1. The molecule has 0 saturated carbocycles. The van der Waals surface area contributed by atoms with Gasteiger partial charge in [-0.05, 0) is 24.3 Å². The lowest BCUT2D eigenvalue weighted by Crippen LogP contribution is -2.37. The second-order valence-corrected chi connectivity index (χ2v) is 7.48. The van der Waals surface area contributed by atoms with Gasteiger partial charge >= 0.3 is 6.18 Å². The Morgan fingerprint density at radius 1 is 1.28 bits per heavy atom. The van der Waals surface area contributed by atoms with Gasteiger partial charge in [-0.15, -0.1) is 0 Å². The van der Waals surface area contributed by atoms with Crippen LogP contribution >= 0.6 is 0 Å². The molecule has 32 heavy (non-hydrogen) atoms. The molecule has 0 aliphatic carbocycles. The molecule has 10 heteroatoms. The Hall–Kier alpha value is -3.84. The van der Waals surface area contributed by atoms with Gasteiger partial charge in [0.15, 0.2) is 0 Å². The van der Waals surface area contributed by atoms with Crippen LogP contribution in [0.5, 0.6) is 0 Å². The molecule has 1 aliphatic heterocycles. The van der Waals surface area contributed by atoms with Gasteiger partial charge in [-0.25, -0.2) is 4.98 Å². The zero-order chi connectivity index (χ0) is 23.3. The Labute approximate surface area is 180 Å². The van der Waals surface area contributed by atoms with Gasteiger partial charge in [0.25, 0.3) is 11.8 Å². The zero-order valence-electron chi connectivity index (χ0n) is 16.8. The highest BCUT2D eigenvalue weighted by molar-refractivity contribution is 5.93. The Kier molecular flexibility index (Phi) is 4.94. The number of pyridine rings is 1. The number of nitrogens with two attached hydrogens (primary N) is 1. The van der Waals surface area contributed by atoms with Gasteiger partial charge in [-0.3, -0.25) is 14.0 Å². The third-order valence-corrected chi connectivity index (χ3v) is 5.25. The summed E-state index contributed by atoms with van der Waals surface area (Å²) < 4.78 is 40.9. The highest BCUT2D eigenvalue weighted by Gasteiger charge is 2.42. The Bertz CT molecular complexity index is 1320. The predicted octanol–water partition coefficient (Wildman–Crippen LogP) is 2.06. The van der Waals surface area contributed by atoms with Crippen LogP contribution in [0.4, 0.5) is 13.2 Å². The van der Waals surface area contributed by atoms with Crippen molar-refractivity contribution in [2.75, 3.05) is 13.6 Å². The number of likely N-dealkylation sites (tertiary alicyclic amines) is 1. The van der Waals surface area contributed by atoms with Gasteiger partial charge in [0.2, 0.25) is 11.4 Å². The standard InChI is InChI=1S/C22H17F3N4O3/c1-28-10-8-21(32,20(28)31)7-5-13-3-2-4-14(11-13)17-16-12-15(22(23,24)25)6-9-29(16)19(27-17)18(26)30/h2-4,6,9,11-12,32H,8,10H2,1H3,(H2,26,30). The van der Waals surface area contributed by atoms with Crippen molar-refractivity contribution in [2.45, 2.75) is 18.2 Å². The second-order valence-electron chi connectivity index (χ2n) is 7.48. The molecule has 2 aromatic heterocycles. The van der Waals surface area contributed by atoms with Crippen LogP contribution in [0.15, 0.2) is 42.6 Å². The van der Waals surface area contributed by atoms with Crippen LogP contribution in [0, 0.1) is 11.8 Å². The van der Waals surface area contributed by atoms with E-state index in [2.05, 4.69) is 16.8 Å². The van der Waals surface area contributed by atoms with E-state index in [1.807, 2.05) is 0 Å². The fourth-order valence-electron chi connectivity index (χ4n) is 3.54. The Morgan fingerprint density at radius 3 is 2.66 bits per heavy atom. The first-order valence-corrected chi connectivity index (χ1v) is 9.50. The lowest BCUT2D eigenvalue weighted by molar-refractivity contribution is -0.138. The monoisotopic (exact) mass is 442 g/mol. The highest BCUT2D eigenvalue weighted by atomic mass is 19.4. The third-order valence-electron chi connectivity index (χ3n) is 5.25. The molecule has 7 nitrogen and oxygen atoms in total. The van der Waals surface area contributed by atoms with Crippen LogP contribution in [0.25, 0.3) is 16.8 Å². The third kappa shape index (κ3) is 3.67. The van der Waals surface area contributed by atoms with E-state index in [4.69, 9.17) is 5.73 Å². The van der Waals surface area contributed by atoms with Gasteiger partial charge in [-0.1, -0.05) is 24.0 Å². The van der Waals surface area contributed by atoms with Gasteiger partial charge in [0.1, 0.15) is 0 Å². The van der Waals surface area contributed by atoms with Crippen LogP contribution in [0.1, 0.15) is 28.2 Å². The summed E-state index contributed by atoms with van der Waals surface area (Å²) in [5, 5.41) is 10.5. The maximum absolute atomic E-state index is 13.2. The second kappa shape index (κ2) is 7.39. The molecule has 0 spiro atoms. The van der Waals surface area contributed by atoms with Crippen LogP contribution < -0.4 is 5.73 Å². The Balaban J connectivity index is 1.81. The SMILES string of the molecule is CN1CCC(O)(C#Cc2cccc(-c3nc(C(N)=O)n4ccc(C(F)(F)F)cc34)c2)C1=O. The lowest BCUT2D eigenvalue weighted by atomic mass is 10.0. The van der Waals surface area contributed by atoms with E-state index in [-0.39, 0.29) is 23.5 Å². The first-order chi connectivity index (χ1) is 15.0. The number of carbonyl (C=O) groups excluding carboxylic acids is 2.